The lowest BCUT2D eigenvalue weighted by molar-refractivity contribution is -0.182. The molecule has 1 aromatic rings. The van der Waals surface area contributed by atoms with Crippen molar-refractivity contribution in [2.75, 3.05) is 13.1 Å². The number of halogens is 3. The van der Waals surface area contributed by atoms with Gasteiger partial charge in [0, 0.05) is 25.3 Å². The summed E-state index contributed by atoms with van der Waals surface area (Å²) in [4.78, 5) is 28.4. The number of carbonyl (C=O) groups excluding carboxylic acids is 2. The van der Waals surface area contributed by atoms with Crippen LogP contribution in [0.3, 0.4) is 0 Å². The van der Waals surface area contributed by atoms with Gasteiger partial charge in [-0.05, 0) is 13.8 Å². The first-order chi connectivity index (χ1) is 10.1. The first kappa shape index (κ1) is 16.3. The molecule has 2 rings (SSSR count). The van der Waals surface area contributed by atoms with Gasteiger partial charge in [0.15, 0.2) is 0 Å². The van der Waals surface area contributed by atoms with E-state index < -0.39 is 36.4 Å². The predicted molar refractivity (Wildman–Crippen MR) is 70.7 cm³/mol. The van der Waals surface area contributed by atoms with Gasteiger partial charge >= 0.3 is 6.18 Å². The van der Waals surface area contributed by atoms with E-state index in [1.165, 1.54) is 12.5 Å². The molecule has 0 aromatic carbocycles. The lowest BCUT2D eigenvalue weighted by atomic mass is 9.95. The highest BCUT2D eigenvalue weighted by Gasteiger charge is 2.53. The Morgan fingerprint density at radius 2 is 2.00 bits per heavy atom. The molecular formula is C13H17F3N4O2. The standard InChI is InChI=1S/C13H17F3N4O2/c1-7(2)20-5-10(18-6-20)12(22)19-3-8(11(17)21)9(4-19)13(14,15)16/h5-9H,3-4H2,1-2H3,(H2,17,21)/t8-,9-/m1/s1. The summed E-state index contributed by atoms with van der Waals surface area (Å²) in [6, 6.07) is 0.0777. The maximum Gasteiger partial charge on any atom is 0.394 e. The molecule has 2 atom stereocenters. The number of aromatic nitrogens is 2. The molecule has 1 aliphatic heterocycles. The summed E-state index contributed by atoms with van der Waals surface area (Å²) in [5.41, 5.74) is 5.09. The van der Waals surface area contributed by atoms with Crippen LogP contribution in [-0.2, 0) is 4.79 Å². The summed E-state index contributed by atoms with van der Waals surface area (Å²) in [5, 5.41) is 0. The molecule has 0 radical (unpaired) electrons. The molecule has 0 aliphatic carbocycles. The van der Waals surface area contributed by atoms with Gasteiger partial charge in [0.2, 0.25) is 5.91 Å². The van der Waals surface area contributed by atoms with Crippen molar-refractivity contribution in [3.63, 3.8) is 0 Å². The van der Waals surface area contributed by atoms with Gasteiger partial charge in [-0.2, -0.15) is 13.2 Å². The summed E-state index contributed by atoms with van der Waals surface area (Å²) in [6.45, 7) is 2.85. The molecule has 0 unspecified atom stereocenters. The van der Waals surface area contributed by atoms with Crippen molar-refractivity contribution in [1.82, 2.24) is 14.5 Å². The predicted octanol–water partition coefficient (Wildman–Crippen LogP) is 1.20. The lowest BCUT2D eigenvalue weighted by Crippen LogP contribution is -2.37. The van der Waals surface area contributed by atoms with Crippen LogP contribution in [0.15, 0.2) is 12.5 Å². The third kappa shape index (κ3) is 3.07. The third-order valence-electron chi connectivity index (χ3n) is 3.81. The van der Waals surface area contributed by atoms with Crippen molar-refractivity contribution < 1.29 is 22.8 Å². The van der Waals surface area contributed by atoms with E-state index in [1.54, 1.807) is 4.57 Å². The van der Waals surface area contributed by atoms with Crippen molar-refractivity contribution in [3.8, 4) is 0 Å². The molecule has 1 aromatic heterocycles. The first-order valence-corrected chi connectivity index (χ1v) is 6.80. The van der Waals surface area contributed by atoms with E-state index in [9.17, 15) is 22.8 Å². The van der Waals surface area contributed by atoms with Gasteiger partial charge in [0.25, 0.3) is 5.91 Å². The molecule has 2 N–H and O–H groups in total. The van der Waals surface area contributed by atoms with E-state index in [1.807, 2.05) is 13.8 Å². The normalized spacial score (nSPS) is 22.4. The zero-order chi connectivity index (χ0) is 16.7. The quantitative estimate of drug-likeness (QED) is 0.909. The Labute approximate surface area is 125 Å². The minimum Gasteiger partial charge on any atom is -0.369 e. The number of nitrogens with zero attached hydrogens (tertiary/aromatic N) is 3. The number of imidazole rings is 1. The Morgan fingerprint density at radius 3 is 2.41 bits per heavy atom. The van der Waals surface area contributed by atoms with Gasteiger partial charge in [-0.25, -0.2) is 4.98 Å². The van der Waals surface area contributed by atoms with Gasteiger partial charge in [0.1, 0.15) is 5.69 Å². The van der Waals surface area contributed by atoms with E-state index >= 15 is 0 Å². The monoisotopic (exact) mass is 318 g/mol. The van der Waals surface area contributed by atoms with Crippen LogP contribution in [0.25, 0.3) is 0 Å². The average molecular weight is 318 g/mol. The Morgan fingerprint density at radius 1 is 1.36 bits per heavy atom. The van der Waals surface area contributed by atoms with Crippen LogP contribution in [0.1, 0.15) is 30.4 Å². The number of amides is 2. The summed E-state index contributed by atoms with van der Waals surface area (Å²) < 4.78 is 40.5. The molecule has 0 saturated carbocycles. The number of likely N-dealkylation sites (tertiary alicyclic amines) is 1. The molecule has 22 heavy (non-hydrogen) atoms. The smallest absolute Gasteiger partial charge is 0.369 e. The number of primary amides is 1. The number of hydrogen-bond acceptors (Lipinski definition) is 3. The fraction of sp³-hybridized carbons (Fsp3) is 0.615. The molecule has 2 amide bonds. The van der Waals surface area contributed by atoms with Crippen LogP contribution in [0, 0.1) is 11.8 Å². The Hall–Kier alpha value is -2.06. The fourth-order valence-corrected chi connectivity index (χ4v) is 2.48. The molecular weight excluding hydrogens is 301 g/mol. The zero-order valence-electron chi connectivity index (χ0n) is 12.2. The Bertz CT molecular complexity index is 582. The van der Waals surface area contributed by atoms with Crippen molar-refractivity contribution in [2.24, 2.45) is 17.6 Å². The molecule has 122 valence electrons. The maximum absolute atomic E-state index is 13.0. The van der Waals surface area contributed by atoms with Crippen LogP contribution in [0.4, 0.5) is 13.2 Å². The van der Waals surface area contributed by atoms with Crippen LogP contribution in [0.2, 0.25) is 0 Å². The SMILES string of the molecule is CC(C)n1cnc(C(=O)N2C[C@@H](C(F)(F)F)[C@H](C(N)=O)C2)c1. The Kier molecular flexibility index (Phi) is 4.17. The topological polar surface area (TPSA) is 81.2 Å². The van der Waals surface area contributed by atoms with Crippen molar-refractivity contribution in [1.29, 1.82) is 0 Å². The van der Waals surface area contributed by atoms with E-state index in [4.69, 9.17) is 5.73 Å². The van der Waals surface area contributed by atoms with E-state index in [0.29, 0.717) is 0 Å². The third-order valence-corrected chi connectivity index (χ3v) is 3.81. The molecule has 2 heterocycles. The fourth-order valence-electron chi connectivity index (χ4n) is 2.48. The lowest BCUT2D eigenvalue weighted by Gasteiger charge is -2.18. The van der Waals surface area contributed by atoms with E-state index in [-0.39, 0.29) is 18.3 Å². The second-order valence-corrected chi connectivity index (χ2v) is 5.67. The molecule has 9 heteroatoms. The second-order valence-electron chi connectivity index (χ2n) is 5.67. The summed E-state index contributed by atoms with van der Waals surface area (Å²) in [5.74, 6) is -5.03. The van der Waals surface area contributed by atoms with Gasteiger partial charge in [-0.15, -0.1) is 0 Å². The van der Waals surface area contributed by atoms with Crippen LogP contribution < -0.4 is 5.73 Å². The molecule has 6 nitrogen and oxygen atoms in total. The Balaban J connectivity index is 2.19. The van der Waals surface area contributed by atoms with E-state index in [2.05, 4.69) is 4.98 Å². The van der Waals surface area contributed by atoms with E-state index in [0.717, 1.165) is 4.90 Å². The molecule has 1 fully saturated rings. The number of nitrogens with two attached hydrogens (primary N) is 1. The van der Waals surface area contributed by atoms with Crippen LogP contribution in [0.5, 0.6) is 0 Å². The summed E-state index contributed by atoms with van der Waals surface area (Å²) in [6.07, 6.45) is -1.65. The number of rotatable bonds is 3. The van der Waals surface area contributed by atoms with Crippen LogP contribution in [-0.4, -0.2) is 45.5 Å². The first-order valence-electron chi connectivity index (χ1n) is 6.80. The van der Waals surface area contributed by atoms with Crippen molar-refractivity contribution >= 4 is 11.8 Å². The van der Waals surface area contributed by atoms with Gasteiger partial charge in [-0.1, -0.05) is 0 Å². The highest BCUT2D eigenvalue weighted by atomic mass is 19.4. The largest absolute Gasteiger partial charge is 0.394 e. The molecule has 0 spiro atoms. The van der Waals surface area contributed by atoms with Gasteiger partial charge in [-0.3, -0.25) is 9.59 Å². The zero-order valence-corrected chi connectivity index (χ0v) is 12.2. The molecule has 1 aliphatic rings. The summed E-state index contributed by atoms with van der Waals surface area (Å²) in [7, 11) is 0. The summed E-state index contributed by atoms with van der Waals surface area (Å²) >= 11 is 0. The van der Waals surface area contributed by atoms with Gasteiger partial charge in [0.05, 0.1) is 18.2 Å². The maximum atomic E-state index is 13.0. The van der Waals surface area contributed by atoms with Gasteiger partial charge < -0.3 is 15.2 Å². The number of hydrogen-bond donors (Lipinski definition) is 1. The highest BCUT2D eigenvalue weighted by Crippen LogP contribution is 2.37. The molecule has 1 saturated heterocycles. The second kappa shape index (κ2) is 5.62. The van der Waals surface area contributed by atoms with Crippen molar-refractivity contribution in [2.45, 2.75) is 26.1 Å². The van der Waals surface area contributed by atoms with Crippen LogP contribution >= 0.6 is 0 Å². The minimum atomic E-state index is -4.58. The minimum absolute atomic E-state index is 0.0553. The molecule has 0 bridgehead atoms. The highest BCUT2D eigenvalue weighted by molar-refractivity contribution is 5.93. The average Bonchev–Trinajstić information content (AvgIpc) is 3.04. The number of alkyl halides is 3. The van der Waals surface area contributed by atoms with Crippen molar-refractivity contribution in [3.05, 3.63) is 18.2 Å². The number of carbonyl (C=O) groups is 2.